The van der Waals surface area contributed by atoms with Gasteiger partial charge in [0.25, 0.3) is 0 Å². The predicted octanol–water partition coefficient (Wildman–Crippen LogP) is 0.141. The molecule has 0 unspecified atom stereocenters. The average molecular weight is 179 g/mol. The fraction of sp³-hybridized carbons (Fsp3) is 1.00. The van der Waals surface area contributed by atoms with Crippen LogP contribution in [-0.4, -0.2) is 35.3 Å². The first-order chi connectivity index (χ1) is 4.93. The van der Waals surface area contributed by atoms with E-state index in [0.717, 1.165) is 0 Å². The van der Waals surface area contributed by atoms with Crippen LogP contribution >= 0.6 is 0 Å². The van der Waals surface area contributed by atoms with Crippen molar-refractivity contribution in [3.05, 3.63) is 0 Å². The second-order valence-electron chi connectivity index (χ2n) is 2.89. The lowest BCUT2D eigenvalue weighted by molar-refractivity contribution is 0.0985. The molecule has 68 valence electrons. The molecule has 0 aliphatic heterocycles. The van der Waals surface area contributed by atoms with Crippen molar-refractivity contribution in [2.45, 2.75) is 19.0 Å². The first-order valence-corrected chi connectivity index (χ1v) is 5.10. The van der Waals surface area contributed by atoms with Gasteiger partial charge in [0.05, 0.1) is 5.16 Å². The number of nitrogens with two attached hydrogens (primary N) is 1. The third-order valence-electron chi connectivity index (χ3n) is 1.60. The van der Waals surface area contributed by atoms with Gasteiger partial charge in [0.1, 0.15) is 0 Å². The fourth-order valence-electron chi connectivity index (χ4n) is 1.04. The molecule has 0 amide bonds. The molecule has 11 heavy (non-hydrogen) atoms. The normalized spacial score (nSPS) is 13.6. The molecular weight excluding hydrogens is 162 g/mol. The topological polar surface area (TPSA) is 53.7 Å². The molecular formula is C6H17NO3Si. The smallest absolute Gasteiger partial charge is 0.376 e. The van der Waals surface area contributed by atoms with Gasteiger partial charge in [-0.3, -0.25) is 0 Å². The molecule has 5 heteroatoms. The molecule has 4 nitrogen and oxygen atoms in total. The molecule has 2 N–H and O–H groups in total. The monoisotopic (exact) mass is 179 g/mol. The van der Waals surface area contributed by atoms with Gasteiger partial charge < -0.3 is 19.0 Å². The van der Waals surface area contributed by atoms with Crippen LogP contribution in [0.3, 0.4) is 0 Å². The molecule has 0 aromatic carbocycles. The van der Waals surface area contributed by atoms with E-state index in [2.05, 4.69) is 0 Å². The maximum Gasteiger partial charge on any atom is 0.520 e. The summed E-state index contributed by atoms with van der Waals surface area (Å²) in [7, 11) is 2.01. The minimum Gasteiger partial charge on any atom is -0.376 e. The van der Waals surface area contributed by atoms with Crippen molar-refractivity contribution in [1.29, 1.82) is 0 Å². The third-order valence-corrected chi connectivity index (χ3v) is 4.79. The molecule has 0 aliphatic carbocycles. The van der Waals surface area contributed by atoms with Gasteiger partial charge in [-0.05, 0) is 13.8 Å². The largest absolute Gasteiger partial charge is 0.520 e. The Morgan fingerprint density at radius 3 is 1.27 bits per heavy atom. The van der Waals surface area contributed by atoms with Crippen LogP contribution in [0.5, 0.6) is 0 Å². The fourth-order valence-corrected chi connectivity index (χ4v) is 3.12. The summed E-state index contributed by atoms with van der Waals surface area (Å²) in [6, 6.07) is 0. The highest BCUT2D eigenvalue weighted by atomic mass is 28.4. The van der Waals surface area contributed by atoms with Crippen molar-refractivity contribution in [1.82, 2.24) is 0 Å². The van der Waals surface area contributed by atoms with Gasteiger partial charge in [0.2, 0.25) is 0 Å². The Balaban J connectivity index is 4.54. The molecule has 0 aliphatic rings. The predicted molar refractivity (Wildman–Crippen MR) is 45.0 cm³/mol. The second-order valence-corrected chi connectivity index (χ2v) is 6.52. The lowest BCUT2D eigenvalue weighted by Crippen LogP contribution is -2.65. The standard InChI is InChI=1S/C6H17NO3Si/c1-6(2,7)11(8-3,9-4)10-5/h7H2,1-5H3. The highest BCUT2D eigenvalue weighted by Crippen LogP contribution is 2.18. The van der Waals surface area contributed by atoms with Gasteiger partial charge in [-0.2, -0.15) is 0 Å². The summed E-state index contributed by atoms with van der Waals surface area (Å²) in [5, 5.41) is -0.564. The highest BCUT2D eigenvalue weighted by molar-refractivity contribution is 6.64. The molecule has 0 aromatic rings. The maximum atomic E-state index is 5.83. The van der Waals surface area contributed by atoms with Gasteiger partial charge in [-0.25, -0.2) is 0 Å². The van der Waals surface area contributed by atoms with E-state index in [4.69, 9.17) is 19.0 Å². The van der Waals surface area contributed by atoms with Crippen LogP contribution < -0.4 is 5.73 Å². The Hall–Kier alpha value is 0.0569. The summed E-state index contributed by atoms with van der Waals surface area (Å²) in [5.74, 6) is 0. The van der Waals surface area contributed by atoms with Crippen LogP contribution in [0, 0.1) is 0 Å². The summed E-state index contributed by atoms with van der Waals surface area (Å²) in [6.45, 7) is 3.66. The van der Waals surface area contributed by atoms with Gasteiger partial charge in [0, 0.05) is 21.3 Å². The molecule has 0 rings (SSSR count). The Morgan fingerprint density at radius 2 is 1.27 bits per heavy atom. The van der Waals surface area contributed by atoms with Gasteiger partial charge in [-0.15, -0.1) is 0 Å². The first kappa shape index (κ1) is 11.1. The lowest BCUT2D eigenvalue weighted by Gasteiger charge is -2.35. The Morgan fingerprint density at radius 1 is 1.00 bits per heavy atom. The molecule has 0 spiro atoms. The highest BCUT2D eigenvalue weighted by Gasteiger charge is 2.51. The summed E-state index contributed by atoms with van der Waals surface area (Å²) < 4.78 is 15.5. The van der Waals surface area contributed by atoms with Gasteiger partial charge >= 0.3 is 8.80 Å². The van der Waals surface area contributed by atoms with E-state index in [1.165, 1.54) is 0 Å². The number of hydrogen-bond donors (Lipinski definition) is 1. The molecule has 0 heterocycles. The van der Waals surface area contributed by atoms with E-state index in [-0.39, 0.29) is 0 Å². The molecule has 0 aromatic heterocycles. The summed E-state index contributed by atoms with van der Waals surface area (Å²) in [5.41, 5.74) is 5.83. The first-order valence-electron chi connectivity index (χ1n) is 3.38. The zero-order valence-electron chi connectivity index (χ0n) is 7.80. The zero-order valence-corrected chi connectivity index (χ0v) is 8.80. The quantitative estimate of drug-likeness (QED) is 0.624. The van der Waals surface area contributed by atoms with E-state index in [1.54, 1.807) is 21.3 Å². The van der Waals surface area contributed by atoms with E-state index in [1.807, 2.05) is 13.8 Å². The van der Waals surface area contributed by atoms with Crippen LogP contribution in [0.2, 0.25) is 0 Å². The van der Waals surface area contributed by atoms with Crippen LogP contribution in [0.1, 0.15) is 13.8 Å². The Bertz CT molecular complexity index is 111. The summed E-state index contributed by atoms with van der Waals surface area (Å²) in [4.78, 5) is 0. The van der Waals surface area contributed by atoms with Crippen molar-refractivity contribution >= 4 is 8.80 Å². The van der Waals surface area contributed by atoms with Gasteiger partial charge in [0.15, 0.2) is 0 Å². The molecule has 0 saturated carbocycles. The zero-order chi connectivity index (χ0) is 9.12. The molecule has 0 radical (unpaired) electrons. The lowest BCUT2D eigenvalue weighted by atomic mass is 10.4. The van der Waals surface area contributed by atoms with E-state index < -0.39 is 14.0 Å². The average Bonchev–Trinajstić information content (AvgIpc) is 1.90. The molecule has 0 saturated heterocycles. The summed E-state index contributed by atoms with van der Waals surface area (Å²) in [6.07, 6.45) is 0. The number of rotatable bonds is 4. The molecule has 0 bridgehead atoms. The van der Waals surface area contributed by atoms with Crippen molar-refractivity contribution in [2.75, 3.05) is 21.3 Å². The minimum absolute atomic E-state index is 0.564. The minimum atomic E-state index is -2.64. The molecule has 0 fully saturated rings. The van der Waals surface area contributed by atoms with Crippen molar-refractivity contribution in [2.24, 2.45) is 5.73 Å². The van der Waals surface area contributed by atoms with E-state index in [9.17, 15) is 0 Å². The van der Waals surface area contributed by atoms with Crippen LogP contribution in [0.15, 0.2) is 0 Å². The summed E-state index contributed by atoms with van der Waals surface area (Å²) >= 11 is 0. The SMILES string of the molecule is CO[Si](OC)(OC)C(C)(C)N. The van der Waals surface area contributed by atoms with E-state index >= 15 is 0 Å². The van der Waals surface area contributed by atoms with Crippen LogP contribution in [0.25, 0.3) is 0 Å². The van der Waals surface area contributed by atoms with Crippen molar-refractivity contribution < 1.29 is 13.3 Å². The van der Waals surface area contributed by atoms with E-state index in [0.29, 0.717) is 0 Å². The van der Waals surface area contributed by atoms with Crippen molar-refractivity contribution in [3.63, 3.8) is 0 Å². The Kier molecular flexibility index (Phi) is 3.66. The van der Waals surface area contributed by atoms with Crippen LogP contribution in [0.4, 0.5) is 0 Å². The third kappa shape index (κ3) is 2.00. The Labute approximate surface area is 69.0 Å². The van der Waals surface area contributed by atoms with Crippen LogP contribution in [-0.2, 0) is 13.3 Å². The van der Waals surface area contributed by atoms with Crippen molar-refractivity contribution in [3.8, 4) is 0 Å². The molecule has 0 atom stereocenters. The number of hydrogen-bond acceptors (Lipinski definition) is 4. The van der Waals surface area contributed by atoms with Gasteiger partial charge in [-0.1, -0.05) is 0 Å². The second kappa shape index (κ2) is 3.64. The maximum absolute atomic E-state index is 5.83.